The largest absolute Gasteiger partial charge is 0.481 e. The number of carbonyl (C=O) groups excluding carboxylic acids is 4. The summed E-state index contributed by atoms with van der Waals surface area (Å²) in [4.78, 5) is 54.8. The van der Waals surface area contributed by atoms with Crippen LogP contribution in [0.2, 0.25) is 0 Å². The van der Waals surface area contributed by atoms with Gasteiger partial charge in [-0.15, -0.1) is 0 Å². The van der Waals surface area contributed by atoms with Crippen molar-refractivity contribution >= 4 is 29.7 Å². The Labute approximate surface area is 139 Å². The number of ketones is 1. The number of ether oxygens (including phenoxy) is 3. The fraction of sp³-hybridized carbons (Fsp3) is 0.667. The first-order valence-corrected chi connectivity index (χ1v) is 7.44. The zero-order valence-electron chi connectivity index (χ0n) is 13.7. The van der Waals surface area contributed by atoms with Crippen LogP contribution in [0, 0.1) is 0 Å². The van der Waals surface area contributed by atoms with Crippen molar-refractivity contribution in [3.8, 4) is 0 Å². The lowest BCUT2D eigenvalue weighted by atomic mass is 10.2. The highest BCUT2D eigenvalue weighted by Crippen LogP contribution is 2.08. The highest BCUT2D eigenvalue weighted by molar-refractivity contribution is 5.81. The Bertz CT molecular complexity index is 470. The molecule has 0 radical (unpaired) electrons. The van der Waals surface area contributed by atoms with Gasteiger partial charge in [0.05, 0.1) is 25.9 Å². The molecule has 1 N–H and O–H groups in total. The standard InChI is InChI=1S/C15H22O9/c1-10(16)5-7-13(20)22-9-3-4-15(23-11(2)17)24-14(21)8-6-12(18)19/h15H,3-9H2,1-2H3,(H,18,19). The number of carboxylic acid groups (broad SMARTS) is 1. The predicted molar refractivity (Wildman–Crippen MR) is 78.6 cm³/mol. The van der Waals surface area contributed by atoms with Crippen LogP contribution < -0.4 is 0 Å². The topological polar surface area (TPSA) is 133 Å². The van der Waals surface area contributed by atoms with Crippen LogP contribution in [0.5, 0.6) is 0 Å². The van der Waals surface area contributed by atoms with Gasteiger partial charge in [0, 0.05) is 19.8 Å². The van der Waals surface area contributed by atoms with Crippen molar-refractivity contribution in [2.24, 2.45) is 0 Å². The monoisotopic (exact) mass is 346 g/mol. The molecule has 0 heterocycles. The molecular formula is C15H22O9. The molecule has 1 unspecified atom stereocenters. The fourth-order valence-corrected chi connectivity index (χ4v) is 1.53. The number of hydrogen-bond acceptors (Lipinski definition) is 8. The van der Waals surface area contributed by atoms with E-state index in [1.54, 1.807) is 0 Å². The third-order valence-electron chi connectivity index (χ3n) is 2.63. The van der Waals surface area contributed by atoms with E-state index in [0.717, 1.165) is 6.92 Å². The van der Waals surface area contributed by atoms with Gasteiger partial charge in [0.25, 0.3) is 0 Å². The normalized spacial score (nSPS) is 11.2. The van der Waals surface area contributed by atoms with Gasteiger partial charge in [-0.05, 0) is 13.3 Å². The van der Waals surface area contributed by atoms with Crippen LogP contribution >= 0.6 is 0 Å². The molecule has 0 fully saturated rings. The molecule has 0 aliphatic heterocycles. The number of aliphatic carboxylic acids is 1. The van der Waals surface area contributed by atoms with Gasteiger partial charge >= 0.3 is 23.9 Å². The molecule has 0 aromatic heterocycles. The number of hydrogen-bond donors (Lipinski definition) is 1. The molecule has 0 rings (SSSR count). The third-order valence-corrected chi connectivity index (χ3v) is 2.63. The van der Waals surface area contributed by atoms with Gasteiger partial charge in [0.2, 0.25) is 6.29 Å². The molecule has 1 atom stereocenters. The molecule has 0 saturated carbocycles. The first-order valence-electron chi connectivity index (χ1n) is 7.44. The number of Topliss-reactive ketones (excluding diaryl/α,β-unsaturated/α-hetero) is 1. The maximum Gasteiger partial charge on any atom is 0.309 e. The van der Waals surface area contributed by atoms with Gasteiger partial charge in [-0.1, -0.05) is 0 Å². The average Bonchev–Trinajstić information content (AvgIpc) is 2.46. The summed E-state index contributed by atoms with van der Waals surface area (Å²) in [6.07, 6.45) is -1.44. The van der Waals surface area contributed by atoms with Crippen LogP contribution in [0.3, 0.4) is 0 Å². The Balaban J connectivity index is 4.12. The van der Waals surface area contributed by atoms with Crippen molar-refractivity contribution in [1.82, 2.24) is 0 Å². The maximum absolute atomic E-state index is 11.4. The Kier molecular flexibility index (Phi) is 10.8. The van der Waals surface area contributed by atoms with E-state index in [9.17, 15) is 24.0 Å². The minimum Gasteiger partial charge on any atom is -0.481 e. The maximum atomic E-state index is 11.4. The van der Waals surface area contributed by atoms with E-state index in [-0.39, 0.29) is 50.9 Å². The molecule has 9 nitrogen and oxygen atoms in total. The molecule has 24 heavy (non-hydrogen) atoms. The van der Waals surface area contributed by atoms with E-state index in [2.05, 4.69) is 0 Å². The second-order valence-electron chi connectivity index (χ2n) is 4.99. The van der Waals surface area contributed by atoms with Gasteiger partial charge in [0.15, 0.2) is 0 Å². The number of esters is 3. The van der Waals surface area contributed by atoms with Crippen molar-refractivity contribution in [3.63, 3.8) is 0 Å². The number of carboxylic acids is 1. The van der Waals surface area contributed by atoms with E-state index in [0.29, 0.717) is 0 Å². The van der Waals surface area contributed by atoms with Crippen molar-refractivity contribution in [1.29, 1.82) is 0 Å². The van der Waals surface area contributed by atoms with Crippen LogP contribution in [0.1, 0.15) is 52.4 Å². The number of carbonyl (C=O) groups is 5. The summed E-state index contributed by atoms with van der Waals surface area (Å²) in [7, 11) is 0. The van der Waals surface area contributed by atoms with Gasteiger partial charge in [-0.25, -0.2) is 0 Å². The second kappa shape index (κ2) is 12.0. The first kappa shape index (κ1) is 21.6. The molecule has 9 heteroatoms. The molecule has 0 saturated heterocycles. The summed E-state index contributed by atoms with van der Waals surface area (Å²) in [5.41, 5.74) is 0. The Morgan fingerprint density at radius 2 is 1.50 bits per heavy atom. The van der Waals surface area contributed by atoms with Crippen molar-refractivity contribution in [2.45, 2.75) is 58.7 Å². The quantitative estimate of drug-likeness (QED) is 0.312. The minimum atomic E-state index is -1.17. The minimum absolute atomic E-state index is 0.00706. The Hall–Kier alpha value is -2.45. The zero-order chi connectivity index (χ0) is 18.5. The molecule has 0 aromatic rings. The predicted octanol–water partition coefficient (Wildman–Crippen LogP) is 0.976. The van der Waals surface area contributed by atoms with Crippen molar-refractivity contribution in [2.75, 3.05) is 6.61 Å². The highest BCUT2D eigenvalue weighted by Gasteiger charge is 2.18. The van der Waals surface area contributed by atoms with Crippen LogP contribution in [-0.4, -0.2) is 47.7 Å². The molecule has 0 amide bonds. The van der Waals surface area contributed by atoms with Gasteiger partial charge < -0.3 is 24.1 Å². The fourth-order valence-electron chi connectivity index (χ4n) is 1.53. The smallest absolute Gasteiger partial charge is 0.309 e. The summed E-state index contributed by atoms with van der Waals surface area (Å²) in [6, 6.07) is 0. The summed E-state index contributed by atoms with van der Waals surface area (Å²) < 4.78 is 14.5. The molecule has 0 spiro atoms. The molecule has 0 aromatic carbocycles. The van der Waals surface area contributed by atoms with E-state index in [4.69, 9.17) is 19.3 Å². The molecule has 0 bridgehead atoms. The highest BCUT2D eigenvalue weighted by atomic mass is 16.7. The van der Waals surface area contributed by atoms with E-state index in [1.165, 1.54) is 6.92 Å². The Morgan fingerprint density at radius 3 is 2.04 bits per heavy atom. The summed E-state index contributed by atoms with van der Waals surface area (Å²) >= 11 is 0. The lowest BCUT2D eigenvalue weighted by Crippen LogP contribution is -2.24. The zero-order valence-corrected chi connectivity index (χ0v) is 13.7. The second-order valence-corrected chi connectivity index (χ2v) is 4.99. The molecule has 0 aliphatic rings. The van der Waals surface area contributed by atoms with Crippen LogP contribution in [0.15, 0.2) is 0 Å². The van der Waals surface area contributed by atoms with Crippen LogP contribution in [-0.2, 0) is 38.2 Å². The van der Waals surface area contributed by atoms with Crippen LogP contribution in [0.25, 0.3) is 0 Å². The lowest BCUT2D eigenvalue weighted by Gasteiger charge is -2.17. The summed E-state index contributed by atoms with van der Waals surface area (Å²) in [5, 5.41) is 8.48. The Morgan fingerprint density at radius 1 is 0.875 bits per heavy atom. The van der Waals surface area contributed by atoms with Crippen LogP contribution in [0.4, 0.5) is 0 Å². The van der Waals surface area contributed by atoms with Gasteiger partial charge in [0.1, 0.15) is 5.78 Å². The average molecular weight is 346 g/mol. The van der Waals surface area contributed by atoms with Crippen molar-refractivity contribution in [3.05, 3.63) is 0 Å². The lowest BCUT2D eigenvalue weighted by molar-refractivity contribution is -0.188. The summed E-state index contributed by atoms with van der Waals surface area (Å²) in [5.74, 6) is -3.25. The molecular weight excluding hydrogens is 324 g/mol. The number of rotatable bonds is 12. The SMILES string of the molecule is CC(=O)CCC(=O)OCCCC(OC(C)=O)OC(=O)CCC(=O)O. The van der Waals surface area contributed by atoms with E-state index in [1.807, 2.05) is 0 Å². The third kappa shape index (κ3) is 13.2. The first-order chi connectivity index (χ1) is 11.2. The van der Waals surface area contributed by atoms with Crippen molar-refractivity contribution < 1.29 is 43.3 Å². The molecule has 0 aliphatic carbocycles. The van der Waals surface area contributed by atoms with E-state index >= 15 is 0 Å². The molecule has 136 valence electrons. The van der Waals surface area contributed by atoms with Gasteiger partial charge in [-0.3, -0.25) is 19.2 Å². The van der Waals surface area contributed by atoms with E-state index < -0.39 is 30.2 Å². The van der Waals surface area contributed by atoms with Gasteiger partial charge in [-0.2, -0.15) is 0 Å². The summed E-state index contributed by atoms with van der Waals surface area (Å²) in [6.45, 7) is 2.52.